The molecule has 0 bridgehead atoms. The second-order valence-electron chi connectivity index (χ2n) is 4.11. The van der Waals surface area contributed by atoms with Gasteiger partial charge in [0.15, 0.2) is 0 Å². The number of rotatable bonds is 3. The van der Waals surface area contributed by atoms with E-state index in [4.69, 9.17) is 17.3 Å². The molecule has 3 nitrogen and oxygen atoms in total. The first-order chi connectivity index (χ1) is 7.77. The Hall–Kier alpha value is -0.770. The minimum absolute atomic E-state index is 0.191. The Kier molecular flexibility index (Phi) is 3.69. The van der Waals surface area contributed by atoms with Gasteiger partial charge in [0.25, 0.3) is 0 Å². The number of anilines is 1. The monoisotopic (exact) mass is 240 g/mol. The van der Waals surface area contributed by atoms with Crippen molar-refractivity contribution in [3.63, 3.8) is 0 Å². The minimum atomic E-state index is 0.191. The Bertz CT molecular complexity index is 370. The van der Waals surface area contributed by atoms with E-state index in [0.29, 0.717) is 11.6 Å². The fourth-order valence-electron chi connectivity index (χ4n) is 2.36. The molecule has 0 spiro atoms. The molecule has 1 aliphatic heterocycles. The third-order valence-corrected chi connectivity index (χ3v) is 3.55. The summed E-state index contributed by atoms with van der Waals surface area (Å²) in [5.41, 5.74) is 7.78. The van der Waals surface area contributed by atoms with Crippen molar-refractivity contribution in [2.24, 2.45) is 5.73 Å². The van der Waals surface area contributed by atoms with Gasteiger partial charge in [-0.3, -0.25) is 0 Å². The summed E-state index contributed by atoms with van der Waals surface area (Å²) in [4.78, 5) is 2.22. The first-order valence-electron chi connectivity index (χ1n) is 5.63. The van der Waals surface area contributed by atoms with E-state index in [0.717, 1.165) is 30.6 Å². The van der Waals surface area contributed by atoms with E-state index in [1.54, 1.807) is 0 Å². The van der Waals surface area contributed by atoms with E-state index < -0.39 is 0 Å². The Labute approximate surface area is 101 Å². The van der Waals surface area contributed by atoms with Crippen molar-refractivity contribution >= 4 is 17.3 Å². The third-order valence-electron chi connectivity index (χ3n) is 3.20. The summed E-state index contributed by atoms with van der Waals surface area (Å²) in [6, 6.07) is 6.03. The SMILES string of the molecule is NCc1c(Cl)cccc1N1CCCC1CO. The average Bonchev–Trinajstić information content (AvgIpc) is 2.76. The molecule has 1 aliphatic rings. The zero-order valence-electron chi connectivity index (χ0n) is 9.19. The molecule has 0 aromatic heterocycles. The van der Waals surface area contributed by atoms with Crippen molar-refractivity contribution in [2.75, 3.05) is 18.1 Å². The minimum Gasteiger partial charge on any atom is -0.394 e. The summed E-state index contributed by atoms with van der Waals surface area (Å²) in [7, 11) is 0. The maximum Gasteiger partial charge on any atom is 0.0635 e. The van der Waals surface area contributed by atoms with Crippen LogP contribution in [0, 0.1) is 0 Å². The summed E-state index contributed by atoms with van der Waals surface area (Å²) in [5, 5.41) is 10.0. The molecule has 3 N–H and O–H groups in total. The van der Waals surface area contributed by atoms with Crippen LogP contribution in [0.2, 0.25) is 5.02 Å². The Morgan fingerprint density at radius 1 is 1.50 bits per heavy atom. The van der Waals surface area contributed by atoms with Crippen LogP contribution in [-0.4, -0.2) is 24.3 Å². The van der Waals surface area contributed by atoms with Gasteiger partial charge in [0.2, 0.25) is 0 Å². The van der Waals surface area contributed by atoms with Gasteiger partial charge in [-0.25, -0.2) is 0 Å². The van der Waals surface area contributed by atoms with Crippen LogP contribution >= 0.6 is 11.6 Å². The van der Waals surface area contributed by atoms with Crippen LogP contribution in [0.1, 0.15) is 18.4 Å². The molecule has 0 saturated carbocycles. The third kappa shape index (κ3) is 2.03. The summed E-state index contributed by atoms with van der Waals surface area (Å²) in [5.74, 6) is 0. The van der Waals surface area contributed by atoms with Crippen molar-refractivity contribution in [1.82, 2.24) is 0 Å². The molecular weight excluding hydrogens is 224 g/mol. The number of benzene rings is 1. The molecule has 4 heteroatoms. The molecule has 1 aromatic rings. The molecule has 1 unspecified atom stereocenters. The molecule has 1 fully saturated rings. The highest BCUT2D eigenvalue weighted by atomic mass is 35.5. The summed E-state index contributed by atoms with van der Waals surface area (Å²) in [6.45, 7) is 1.60. The number of nitrogens with two attached hydrogens (primary N) is 1. The molecule has 2 rings (SSSR count). The molecule has 1 saturated heterocycles. The van der Waals surface area contributed by atoms with Crippen LogP contribution in [0.25, 0.3) is 0 Å². The molecule has 0 amide bonds. The van der Waals surface area contributed by atoms with Crippen LogP contribution in [0.4, 0.5) is 5.69 Å². The zero-order valence-corrected chi connectivity index (χ0v) is 9.95. The molecule has 0 aliphatic carbocycles. The van der Waals surface area contributed by atoms with Crippen LogP contribution in [0.5, 0.6) is 0 Å². The number of hydrogen-bond donors (Lipinski definition) is 2. The number of halogens is 1. The van der Waals surface area contributed by atoms with E-state index in [2.05, 4.69) is 4.90 Å². The first-order valence-corrected chi connectivity index (χ1v) is 6.00. The lowest BCUT2D eigenvalue weighted by molar-refractivity contribution is 0.266. The van der Waals surface area contributed by atoms with Crippen molar-refractivity contribution in [2.45, 2.75) is 25.4 Å². The Morgan fingerprint density at radius 2 is 2.31 bits per heavy atom. The summed E-state index contributed by atoms with van der Waals surface area (Å²) < 4.78 is 0. The highest BCUT2D eigenvalue weighted by Gasteiger charge is 2.25. The smallest absolute Gasteiger partial charge is 0.0635 e. The lowest BCUT2D eigenvalue weighted by Gasteiger charge is -2.27. The quantitative estimate of drug-likeness (QED) is 0.847. The second kappa shape index (κ2) is 5.04. The van der Waals surface area contributed by atoms with Gasteiger partial charge < -0.3 is 15.7 Å². The molecule has 1 atom stereocenters. The summed E-state index contributed by atoms with van der Waals surface area (Å²) >= 11 is 6.13. The van der Waals surface area contributed by atoms with Crippen molar-refractivity contribution in [3.05, 3.63) is 28.8 Å². The van der Waals surface area contributed by atoms with Crippen molar-refractivity contribution < 1.29 is 5.11 Å². The average molecular weight is 241 g/mol. The van der Waals surface area contributed by atoms with Gasteiger partial charge in [0.05, 0.1) is 12.6 Å². The number of aliphatic hydroxyl groups is 1. The Balaban J connectivity index is 2.35. The normalized spacial score (nSPS) is 20.4. The van der Waals surface area contributed by atoms with Crippen LogP contribution in [0.15, 0.2) is 18.2 Å². The van der Waals surface area contributed by atoms with Gasteiger partial charge in [-0.05, 0) is 25.0 Å². The molecule has 0 radical (unpaired) electrons. The zero-order chi connectivity index (χ0) is 11.5. The topological polar surface area (TPSA) is 49.5 Å². The lowest BCUT2D eigenvalue weighted by Crippen LogP contribution is -2.33. The standard InChI is InChI=1S/C12H17ClN2O/c13-11-4-1-5-12(10(11)7-14)15-6-2-3-9(15)8-16/h1,4-5,9,16H,2-3,6-8,14H2. The predicted molar refractivity (Wildman–Crippen MR) is 66.8 cm³/mol. The van der Waals surface area contributed by atoms with Crippen molar-refractivity contribution in [1.29, 1.82) is 0 Å². The highest BCUT2D eigenvalue weighted by molar-refractivity contribution is 6.31. The van der Waals surface area contributed by atoms with E-state index in [-0.39, 0.29) is 12.6 Å². The van der Waals surface area contributed by atoms with Crippen LogP contribution in [-0.2, 0) is 6.54 Å². The van der Waals surface area contributed by atoms with Crippen LogP contribution in [0.3, 0.4) is 0 Å². The maximum absolute atomic E-state index is 9.32. The van der Waals surface area contributed by atoms with Crippen LogP contribution < -0.4 is 10.6 Å². The van der Waals surface area contributed by atoms with E-state index in [9.17, 15) is 5.11 Å². The number of hydrogen-bond acceptors (Lipinski definition) is 3. The maximum atomic E-state index is 9.32. The first kappa shape index (κ1) is 11.7. The molecule has 88 valence electrons. The lowest BCUT2D eigenvalue weighted by atomic mass is 10.1. The Morgan fingerprint density at radius 3 is 3.00 bits per heavy atom. The fraction of sp³-hybridized carbons (Fsp3) is 0.500. The molecule has 16 heavy (non-hydrogen) atoms. The van der Waals surface area contributed by atoms with Gasteiger partial charge in [-0.15, -0.1) is 0 Å². The largest absolute Gasteiger partial charge is 0.394 e. The second-order valence-corrected chi connectivity index (χ2v) is 4.52. The summed E-state index contributed by atoms with van der Waals surface area (Å²) in [6.07, 6.45) is 2.15. The van der Waals surface area contributed by atoms with E-state index in [1.165, 1.54) is 0 Å². The van der Waals surface area contributed by atoms with Gasteiger partial charge in [-0.2, -0.15) is 0 Å². The van der Waals surface area contributed by atoms with Gasteiger partial charge in [0, 0.05) is 29.4 Å². The van der Waals surface area contributed by atoms with Gasteiger partial charge in [0.1, 0.15) is 0 Å². The highest BCUT2D eigenvalue weighted by Crippen LogP contribution is 2.32. The predicted octanol–water partition coefficient (Wildman–Crippen LogP) is 1.76. The van der Waals surface area contributed by atoms with Gasteiger partial charge >= 0.3 is 0 Å². The molecule has 1 heterocycles. The van der Waals surface area contributed by atoms with E-state index >= 15 is 0 Å². The van der Waals surface area contributed by atoms with E-state index in [1.807, 2.05) is 18.2 Å². The number of aliphatic hydroxyl groups excluding tert-OH is 1. The van der Waals surface area contributed by atoms with Gasteiger partial charge in [-0.1, -0.05) is 17.7 Å². The fourth-order valence-corrected chi connectivity index (χ4v) is 2.61. The molecular formula is C12H17ClN2O. The number of nitrogens with zero attached hydrogens (tertiary/aromatic N) is 1. The van der Waals surface area contributed by atoms with Crippen molar-refractivity contribution in [3.8, 4) is 0 Å². The molecule has 1 aromatic carbocycles.